The molecule has 0 N–H and O–H groups in total. The number of aromatic nitrogens is 7. The van der Waals surface area contributed by atoms with Gasteiger partial charge in [0, 0.05) is 67.4 Å². The molecule has 1 aliphatic heterocycles. The first-order valence-electron chi connectivity index (χ1n) is 10.2. The molecule has 1 atom stereocenters. The van der Waals surface area contributed by atoms with E-state index in [9.17, 15) is 0 Å². The average Bonchev–Trinajstić information content (AvgIpc) is 3.52. The van der Waals surface area contributed by atoms with Crippen LogP contribution in [0.15, 0.2) is 67.5 Å². The van der Waals surface area contributed by atoms with Crippen molar-refractivity contribution in [3.63, 3.8) is 0 Å². The van der Waals surface area contributed by atoms with E-state index in [0.717, 1.165) is 58.6 Å². The van der Waals surface area contributed by atoms with Gasteiger partial charge in [-0.15, -0.1) is 0 Å². The fraction of sp³-hybridized carbons (Fsp3) is 0.217. The van der Waals surface area contributed by atoms with Gasteiger partial charge in [0.05, 0.1) is 23.6 Å². The molecule has 1 aromatic carbocycles. The van der Waals surface area contributed by atoms with E-state index in [-0.39, 0.29) is 0 Å². The summed E-state index contributed by atoms with van der Waals surface area (Å²) in [5.74, 6) is 1.52. The topological polar surface area (TPSA) is 66.3 Å². The molecule has 4 aromatic heterocycles. The normalized spacial score (nSPS) is 16.1. The zero-order chi connectivity index (χ0) is 20.1. The first kappa shape index (κ1) is 17.1. The van der Waals surface area contributed by atoms with Crippen LogP contribution in [-0.2, 0) is 20.0 Å². The van der Waals surface area contributed by atoms with Crippen LogP contribution in [-0.4, -0.2) is 34.1 Å². The Bertz CT molecular complexity index is 1360. The van der Waals surface area contributed by atoms with E-state index in [2.05, 4.69) is 55.2 Å². The van der Waals surface area contributed by atoms with Crippen molar-refractivity contribution in [1.82, 2.24) is 34.1 Å². The van der Waals surface area contributed by atoms with Crippen LogP contribution in [0.25, 0.3) is 27.7 Å². The first-order chi connectivity index (χ1) is 14.7. The number of imidazole rings is 1. The van der Waals surface area contributed by atoms with E-state index in [1.165, 1.54) is 0 Å². The second-order valence-corrected chi connectivity index (χ2v) is 7.90. The molecule has 30 heavy (non-hydrogen) atoms. The van der Waals surface area contributed by atoms with Gasteiger partial charge >= 0.3 is 0 Å². The summed E-state index contributed by atoms with van der Waals surface area (Å²) in [5.41, 5.74) is 5.44. The molecular weight excluding hydrogens is 374 g/mol. The standard InChI is InChI=1S/C23H21N7/c1-28-15-19(14-26-28)16-2-3-18-13-27-30(22(18)10-16)20-4-6-24-21(12-20)17-5-8-29-9-7-25-23(29)11-17/h2-4,6-7,9-10,12-15,17H,5,8,11H2,1H3. The highest BCUT2D eigenvalue weighted by Crippen LogP contribution is 2.30. The van der Waals surface area contributed by atoms with Gasteiger partial charge in [-0.1, -0.05) is 12.1 Å². The summed E-state index contributed by atoms with van der Waals surface area (Å²) < 4.78 is 6.06. The van der Waals surface area contributed by atoms with Crippen LogP contribution >= 0.6 is 0 Å². The SMILES string of the molecule is Cn1cc(-c2ccc3cnn(-c4ccnc(C5CCn6ccnc6C5)c4)c3c2)cn1. The van der Waals surface area contributed by atoms with E-state index >= 15 is 0 Å². The van der Waals surface area contributed by atoms with E-state index in [4.69, 9.17) is 0 Å². The maximum atomic E-state index is 4.69. The van der Waals surface area contributed by atoms with Gasteiger partial charge in [0.2, 0.25) is 0 Å². The second kappa shape index (κ2) is 6.66. The Kier molecular flexibility index (Phi) is 3.80. The van der Waals surface area contributed by atoms with Gasteiger partial charge < -0.3 is 4.57 Å². The number of fused-ring (bicyclic) bond motifs is 2. The fourth-order valence-electron chi connectivity index (χ4n) is 4.37. The summed E-state index contributed by atoms with van der Waals surface area (Å²) in [5, 5.41) is 10.1. The molecular formula is C23H21N7. The molecule has 1 aliphatic rings. The van der Waals surface area contributed by atoms with Crippen LogP contribution in [0.2, 0.25) is 0 Å². The molecule has 0 aliphatic carbocycles. The molecule has 5 heterocycles. The lowest BCUT2D eigenvalue weighted by Crippen LogP contribution is -2.18. The lowest BCUT2D eigenvalue weighted by Gasteiger charge is -2.23. The van der Waals surface area contributed by atoms with E-state index in [0.29, 0.717) is 5.92 Å². The highest BCUT2D eigenvalue weighted by Gasteiger charge is 2.22. The molecule has 0 fully saturated rings. The highest BCUT2D eigenvalue weighted by atomic mass is 15.3. The van der Waals surface area contributed by atoms with E-state index in [1.54, 1.807) is 0 Å². The van der Waals surface area contributed by atoms with Crippen molar-refractivity contribution in [3.05, 3.63) is 79.0 Å². The molecule has 148 valence electrons. The van der Waals surface area contributed by atoms with Crippen molar-refractivity contribution in [2.45, 2.75) is 25.3 Å². The van der Waals surface area contributed by atoms with E-state index < -0.39 is 0 Å². The third kappa shape index (κ3) is 2.82. The van der Waals surface area contributed by atoms with Crippen molar-refractivity contribution >= 4 is 10.9 Å². The summed E-state index contributed by atoms with van der Waals surface area (Å²) in [7, 11) is 1.93. The van der Waals surface area contributed by atoms with Gasteiger partial charge in [0.15, 0.2) is 0 Å². The lowest BCUT2D eigenvalue weighted by atomic mass is 9.93. The summed E-state index contributed by atoms with van der Waals surface area (Å²) >= 11 is 0. The Morgan fingerprint density at radius 2 is 1.93 bits per heavy atom. The molecule has 7 nitrogen and oxygen atoms in total. The lowest BCUT2D eigenvalue weighted by molar-refractivity contribution is 0.458. The third-order valence-electron chi connectivity index (χ3n) is 5.99. The van der Waals surface area contributed by atoms with Crippen LogP contribution in [0, 0.1) is 0 Å². The van der Waals surface area contributed by atoms with Gasteiger partial charge in [0.25, 0.3) is 0 Å². The van der Waals surface area contributed by atoms with Crippen LogP contribution in [0.5, 0.6) is 0 Å². The molecule has 0 saturated heterocycles. The number of hydrogen-bond acceptors (Lipinski definition) is 4. The third-order valence-corrected chi connectivity index (χ3v) is 5.99. The van der Waals surface area contributed by atoms with Gasteiger partial charge in [-0.05, 0) is 30.2 Å². The average molecular weight is 395 g/mol. The Labute approximate surface area is 173 Å². The number of rotatable bonds is 3. The molecule has 6 rings (SSSR count). The molecule has 0 bridgehead atoms. The molecule has 0 saturated carbocycles. The maximum Gasteiger partial charge on any atom is 0.109 e. The molecule has 1 unspecified atom stereocenters. The fourth-order valence-corrected chi connectivity index (χ4v) is 4.37. The highest BCUT2D eigenvalue weighted by molar-refractivity contribution is 5.85. The predicted octanol–water partition coefficient (Wildman–Crippen LogP) is 3.75. The van der Waals surface area contributed by atoms with Gasteiger partial charge in [-0.25, -0.2) is 9.67 Å². The monoisotopic (exact) mass is 395 g/mol. The first-order valence-corrected chi connectivity index (χ1v) is 10.2. The van der Waals surface area contributed by atoms with Gasteiger partial charge in [0.1, 0.15) is 5.82 Å². The molecule has 0 amide bonds. The summed E-state index contributed by atoms with van der Waals surface area (Å²) in [4.78, 5) is 9.19. The minimum Gasteiger partial charge on any atom is -0.335 e. The number of pyridine rings is 1. The van der Waals surface area contributed by atoms with Crippen LogP contribution in [0.1, 0.15) is 23.9 Å². The summed E-state index contributed by atoms with van der Waals surface area (Å²) in [6, 6.07) is 10.6. The molecule has 5 aromatic rings. The Balaban J connectivity index is 1.38. The van der Waals surface area contributed by atoms with Crippen molar-refractivity contribution in [2.24, 2.45) is 7.05 Å². The zero-order valence-corrected chi connectivity index (χ0v) is 16.7. The summed E-state index contributed by atoms with van der Waals surface area (Å²) in [6.45, 7) is 0.991. The van der Waals surface area contributed by atoms with Crippen molar-refractivity contribution in [2.75, 3.05) is 0 Å². The molecule has 0 radical (unpaired) electrons. The number of benzene rings is 1. The van der Waals surface area contributed by atoms with Crippen LogP contribution in [0.4, 0.5) is 0 Å². The van der Waals surface area contributed by atoms with E-state index in [1.807, 2.05) is 53.5 Å². The van der Waals surface area contributed by atoms with Crippen LogP contribution in [0.3, 0.4) is 0 Å². The molecule has 0 spiro atoms. The smallest absolute Gasteiger partial charge is 0.109 e. The van der Waals surface area contributed by atoms with Crippen LogP contribution < -0.4 is 0 Å². The second-order valence-electron chi connectivity index (χ2n) is 7.90. The maximum absolute atomic E-state index is 4.69. The minimum absolute atomic E-state index is 0.382. The Morgan fingerprint density at radius 1 is 0.967 bits per heavy atom. The predicted molar refractivity (Wildman–Crippen MR) is 114 cm³/mol. The Morgan fingerprint density at radius 3 is 2.83 bits per heavy atom. The van der Waals surface area contributed by atoms with Crippen molar-refractivity contribution in [3.8, 4) is 16.8 Å². The number of hydrogen-bond donors (Lipinski definition) is 0. The number of nitrogens with zero attached hydrogens (tertiary/aromatic N) is 7. The quantitative estimate of drug-likeness (QED) is 0.467. The summed E-state index contributed by atoms with van der Waals surface area (Å²) in [6.07, 6.45) is 13.7. The number of aryl methyl sites for hydroxylation is 2. The van der Waals surface area contributed by atoms with Gasteiger partial charge in [-0.3, -0.25) is 9.67 Å². The van der Waals surface area contributed by atoms with Crippen molar-refractivity contribution in [1.29, 1.82) is 0 Å². The molecule has 7 heteroatoms. The van der Waals surface area contributed by atoms with Crippen molar-refractivity contribution < 1.29 is 0 Å². The largest absolute Gasteiger partial charge is 0.335 e. The zero-order valence-electron chi connectivity index (χ0n) is 16.7. The Hall–Kier alpha value is -3.74. The van der Waals surface area contributed by atoms with Gasteiger partial charge in [-0.2, -0.15) is 10.2 Å². The minimum atomic E-state index is 0.382.